The van der Waals surface area contributed by atoms with Crippen molar-refractivity contribution in [1.82, 2.24) is 10.2 Å². The maximum atomic E-state index is 12.3. The van der Waals surface area contributed by atoms with E-state index in [1.54, 1.807) is 37.3 Å². The third-order valence-electron chi connectivity index (χ3n) is 4.02. The number of rotatable bonds is 4. The van der Waals surface area contributed by atoms with Crippen LogP contribution in [0.25, 0.3) is 0 Å². The van der Waals surface area contributed by atoms with Crippen molar-refractivity contribution in [1.29, 1.82) is 0 Å². The highest BCUT2D eigenvalue weighted by Gasteiger charge is 2.53. The minimum atomic E-state index is -1.38. The molecule has 3 atom stereocenters. The highest BCUT2D eigenvalue weighted by molar-refractivity contribution is 8.00. The standard InChI is InChI=1S/C16H16N2O5S/c1-8-7-24-15-10(14(21)18(15)11(8)16(22)23)17-13(20)12(19)9-5-3-2-4-6-9/h2-6,10,12,15,19H,7H2,1H3,(H,17,20)(H,22,23)/t10?,12?,15-/m0/s1. The molecule has 2 aliphatic rings. The van der Waals surface area contributed by atoms with Gasteiger partial charge in [-0.3, -0.25) is 14.5 Å². The molecule has 1 fully saturated rings. The van der Waals surface area contributed by atoms with E-state index in [9.17, 15) is 24.6 Å². The number of nitrogens with zero attached hydrogens (tertiary/aromatic N) is 1. The van der Waals surface area contributed by atoms with Gasteiger partial charge in [0.05, 0.1) is 0 Å². The molecule has 7 nitrogen and oxygen atoms in total. The van der Waals surface area contributed by atoms with Crippen LogP contribution >= 0.6 is 11.8 Å². The molecule has 0 radical (unpaired) electrons. The van der Waals surface area contributed by atoms with Crippen molar-refractivity contribution in [2.24, 2.45) is 0 Å². The first-order valence-corrected chi connectivity index (χ1v) is 8.37. The number of carbonyl (C=O) groups excluding carboxylic acids is 2. The molecule has 2 aliphatic heterocycles. The molecular weight excluding hydrogens is 332 g/mol. The number of aliphatic carboxylic acids is 1. The quantitative estimate of drug-likeness (QED) is 0.683. The predicted octanol–water partition coefficient (Wildman–Crippen LogP) is 0.479. The number of carboxylic acids is 1. The lowest BCUT2D eigenvalue weighted by Gasteiger charge is -2.49. The first-order chi connectivity index (χ1) is 11.4. The zero-order chi connectivity index (χ0) is 17.4. The Morgan fingerprint density at radius 2 is 2.00 bits per heavy atom. The number of aliphatic hydroxyl groups excluding tert-OH is 1. The van der Waals surface area contributed by atoms with Gasteiger partial charge in [-0.15, -0.1) is 11.8 Å². The van der Waals surface area contributed by atoms with E-state index in [0.29, 0.717) is 16.9 Å². The van der Waals surface area contributed by atoms with E-state index >= 15 is 0 Å². The minimum absolute atomic E-state index is 0.0159. The number of nitrogens with one attached hydrogen (secondary N) is 1. The van der Waals surface area contributed by atoms with E-state index in [-0.39, 0.29) is 5.70 Å². The Bertz CT molecular complexity index is 733. The summed E-state index contributed by atoms with van der Waals surface area (Å²) in [6, 6.07) is 7.56. The summed E-state index contributed by atoms with van der Waals surface area (Å²) in [5.41, 5.74) is 1.03. The lowest BCUT2D eigenvalue weighted by atomic mass is 10.0. The van der Waals surface area contributed by atoms with Gasteiger partial charge in [-0.25, -0.2) is 4.79 Å². The number of β-lactam (4-membered cyclic amide) rings is 1. The van der Waals surface area contributed by atoms with Gasteiger partial charge in [0.25, 0.3) is 11.8 Å². The largest absolute Gasteiger partial charge is 0.477 e. The molecule has 3 rings (SSSR count). The summed E-state index contributed by atoms with van der Waals surface area (Å²) < 4.78 is 0. The molecule has 8 heteroatoms. The number of carboxylic acid groups (broad SMARTS) is 1. The van der Waals surface area contributed by atoms with Gasteiger partial charge in [0.1, 0.15) is 17.1 Å². The zero-order valence-corrected chi connectivity index (χ0v) is 13.6. The van der Waals surface area contributed by atoms with Gasteiger partial charge in [-0.05, 0) is 18.1 Å². The molecule has 2 amide bonds. The van der Waals surface area contributed by atoms with Crippen molar-refractivity contribution in [3.05, 3.63) is 47.2 Å². The van der Waals surface area contributed by atoms with Crippen molar-refractivity contribution in [3.8, 4) is 0 Å². The molecule has 2 heterocycles. The Balaban J connectivity index is 1.71. The number of hydrogen-bond donors (Lipinski definition) is 3. The average molecular weight is 348 g/mol. The summed E-state index contributed by atoms with van der Waals surface area (Å²) in [7, 11) is 0. The minimum Gasteiger partial charge on any atom is -0.477 e. The molecule has 24 heavy (non-hydrogen) atoms. The topological polar surface area (TPSA) is 107 Å². The second kappa shape index (κ2) is 6.29. The zero-order valence-electron chi connectivity index (χ0n) is 12.8. The average Bonchev–Trinajstić information content (AvgIpc) is 2.59. The van der Waals surface area contributed by atoms with Crippen molar-refractivity contribution in [2.75, 3.05) is 5.75 Å². The summed E-state index contributed by atoms with van der Waals surface area (Å²) in [5, 5.41) is 21.4. The molecular formula is C16H16N2O5S. The monoisotopic (exact) mass is 348 g/mol. The van der Waals surface area contributed by atoms with Crippen LogP contribution in [0.15, 0.2) is 41.6 Å². The van der Waals surface area contributed by atoms with Gasteiger partial charge >= 0.3 is 5.97 Å². The predicted molar refractivity (Wildman–Crippen MR) is 86.8 cm³/mol. The van der Waals surface area contributed by atoms with Crippen LogP contribution in [0.5, 0.6) is 0 Å². The van der Waals surface area contributed by atoms with Gasteiger partial charge in [0.2, 0.25) is 0 Å². The molecule has 0 aliphatic carbocycles. The summed E-state index contributed by atoms with van der Waals surface area (Å²) in [4.78, 5) is 37.0. The lowest BCUT2D eigenvalue weighted by molar-refractivity contribution is -0.151. The fraction of sp³-hybridized carbons (Fsp3) is 0.312. The summed E-state index contributed by atoms with van der Waals surface area (Å²) in [6.07, 6.45) is -1.38. The molecule has 0 bridgehead atoms. The van der Waals surface area contributed by atoms with Gasteiger partial charge in [0.15, 0.2) is 6.10 Å². The second-order valence-corrected chi connectivity index (χ2v) is 6.75. The maximum Gasteiger partial charge on any atom is 0.352 e. The van der Waals surface area contributed by atoms with Crippen molar-refractivity contribution >= 4 is 29.5 Å². The Morgan fingerprint density at radius 1 is 1.33 bits per heavy atom. The number of fused-ring (bicyclic) bond motifs is 1. The van der Waals surface area contributed by atoms with E-state index < -0.39 is 35.3 Å². The Kier molecular flexibility index (Phi) is 4.33. The Labute approximate surface area is 142 Å². The third kappa shape index (κ3) is 2.67. The summed E-state index contributed by atoms with van der Waals surface area (Å²) in [6.45, 7) is 1.67. The van der Waals surface area contributed by atoms with Crippen LogP contribution in [0, 0.1) is 0 Å². The highest BCUT2D eigenvalue weighted by atomic mass is 32.2. The molecule has 1 aromatic rings. The van der Waals surface area contributed by atoms with Crippen molar-refractivity contribution in [2.45, 2.75) is 24.4 Å². The Hall–Kier alpha value is -2.32. The first kappa shape index (κ1) is 16.5. The van der Waals surface area contributed by atoms with Crippen molar-refractivity contribution < 1.29 is 24.6 Å². The van der Waals surface area contributed by atoms with E-state index in [4.69, 9.17) is 0 Å². The van der Waals surface area contributed by atoms with E-state index in [2.05, 4.69) is 5.32 Å². The molecule has 0 spiro atoms. The van der Waals surface area contributed by atoms with E-state index in [0.717, 1.165) is 0 Å². The number of hydrogen-bond acceptors (Lipinski definition) is 5. The lowest BCUT2D eigenvalue weighted by Crippen LogP contribution is -2.70. The number of benzene rings is 1. The van der Waals surface area contributed by atoms with Crippen LogP contribution in [0.3, 0.4) is 0 Å². The van der Waals surface area contributed by atoms with Crippen LogP contribution in [0.2, 0.25) is 0 Å². The maximum absolute atomic E-state index is 12.3. The number of aliphatic hydroxyl groups is 1. The normalized spacial score (nSPS) is 24.1. The fourth-order valence-corrected chi connectivity index (χ4v) is 4.09. The fourth-order valence-electron chi connectivity index (χ4n) is 2.79. The molecule has 1 saturated heterocycles. The van der Waals surface area contributed by atoms with Crippen LogP contribution in [0.1, 0.15) is 18.6 Å². The van der Waals surface area contributed by atoms with E-state index in [1.165, 1.54) is 16.7 Å². The van der Waals surface area contributed by atoms with Crippen molar-refractivity contribution in [3.63, 3.8) is 0 Å². The Morgan fingerprint density at radius 3 is 2.62 bits per heavy atom. The SMILES string of the molecule is CC1=C(C(=O)O)N2C(=O)C(NC(=O)C(O)c3ccccc3)[C@@H]2SC1. The third-order valence-corrected chi connectivity index (χ3v) is 5.45. The molecule has 1 aromatic carbocycles. The van der Waals surface area contributed by atoms with Gasteiger partial charge < -0.3 is 15.5 Å². The summed E-state index contributed by atoms with van der Waals surface area (Å²) in [5.74, 6) is -1.83. The number of thioether (sulfide) groups is 1. The van der Waals surface area contributed by atoms with Gasteiger partial charge in [-0.1, -0.05) is 30.3 Å². The van der Waals surface area contributed by atoms with Crippen LogP contribution in [-0.4, -0.2) is 50.1 Å². The van der Waals surface area contributed by atoms with Crippen LogP contribution in [0.4, 0.5) is 0 Å². The smallest absolute Gasteiger partial charge is 0.352 e. The summed E-state index contributed by atoms with van der Waals surface area (Å²) >= 11 is 1.39. The molecule has 0 saturated carbocycles. The van der Waals surface area contributed by atoms with Crippen LogP contribution in [-0.2, 0) is 14.4 Å². The van der Waals surface area contributed by atoms with Crippen LogP contribution < -0.4 is 5.32 Å². The van der Waals surface area contributed by atoms with Gasteiger partial charge in [0, 0.05) is 5.75 Å². The second-order valence-electron chi connectivity index (χ2n) is 5.64. The number of amides is 2. The first-order valence-electron chi connectivity index (χ1n) is 7.33. The van der Waals surface area contributed by atoms with Gasteiger partial charge in [-0.2, -0.15) is 0 Å². The molecule has 2 unspecified atom stereocenters. The number of carbonyl (C=O) groups is 3. The molecule has 0 aromatic heterocycles. The molecule has 126 valence electrons. The highest BCUT2D eigenvalue weighted by Crippen LogP contribution is 2.40. The van der Waals surface area contributed by atoms with E-state index in [1.807, 2.05) is 0 Å². The molecule has 3 N–H and O–H groups in total.